The lowest BCUT2D eigenvalue weighted by atomic mass is 9.96. The zero-order valence-corrected chi connectivity index (χ0v) is 44.9. The third-order valence-electron chi connectivity index (χ3n) is 13.1. The molecule has 0 saturated carbocycles. The average Bonchev–Trinajstić information content (AvgIpc) is 3.92. The van der Waals surface area contributed by atoms with Gasteiger partial charge in [-0.15, -0.1) is 0 Å². The van der Waals surface area contributed by atoms with E-state index in [2.05, 4.69) is 31.6 Å². The Balaban J connectivity index is 1.87. The van der Waals surface area contributed by atoms with Crippen molar-refractivity contribution in [3.05, 3.63) is 75.8 Å². The molecule has 0 radical (unpaired) electrons. The normalized spacial score (nSPS) is 16.2. The van der Waals surface area contributed by atoms with Crippen LogP contribution in [0.4, 0.5) is 5.69 Å². The number of hydrogen-bond acceptors (Lipinski definition) is 16. The molecule has 26 nitrogen and oxygen atoms in total. The molecular formula is C52H79N13O13. The summed E-state index contributed by atoms with van der Waals surface area (Å²) >= 11 is 0. The van der Waals surface area contributed by atoms with Crippen LogP contribution in [-0.4, -0.2) is 142 Å². The minimum atomic E-state index is -1.64. The number of aliphatic carboxylic acids is 1. The van der Waals surface area contributed by atoms with Crippen LogP contribution in [0.25, 0.3) is 0 Å². The number of carbonyl (C=O) groups excluding carboxylic acids is 8. The van der Waals surface area contributed by atoms with Crippen molar-refractivity contribution in [3.63, 3.8) is 0 Å². The van der Waals surface area contributed by atoms with Crippen LogP contribution in [0.5, 0.6) is 0 Å². The average molecular weight is 1090 g/mol. The predicted molar refractivity (Wildman–Crippen MR) is 287 cm³/mol. The number of hydrogen-bond donors (Lipinski definition) is 11. The summed E-state index contributed by atoms with van der Waals surface area (Å²) in [7, 11) is 0. The van der Waals surface area contributed by atoms with Crippen LogP contribution in [-0.2, 0) is 60.7 Å². The smallest absolute Gasteiger partial charge is 0.336 e. The van der Waals surface area contributed by atoms with E-state index in [9.17, 15) is 58.4 Å². The number of aliphatic imine (C=N–C) groups is 1. The van der Waals surface area contributed by atoms with Crippen molar-refractivity contribution in [2.45, 2.75) is 160 Å². The van der Waals surface area contributed by atoms with E-state index >= 15 is 0 Å². The monoisotopic (exact) mass is 1090 g/mol. The maximum absolute atomic E-state index is 14.3. The number of likely N-dealkylation sites (tertiary alicyclic amines) is 1. The third-order valence-corrected chi connectivity index (χ3v) is 13.1. The molecule has 9 unspecified atom stereocenters. The van der Waals surface area contributed by atoms with E-state index in [0.29, 0.717) is 56.2 Å². The number of nitro groups is 1. The van der Waals surface area contributed by atoms with Gasteiger partial charge in [0.1, 0.15) is 36.3 Å². The number of non-ortho nitro benzene ring substituents is 1. The second-order valence-corrected chi connectivity index (χ2v) is 19.9. The summed E-state index contributed by atoms with van der Waals surface area (Å²) in [5.74, 6) is -9.40. The fourth-order valence-electron chi connectivity index (χ4n) is 8.56. The number of carboxylic acids is 1. The van der Waals surface area contributed by atoms with Crippen LogP contribution in [0.3, 0.4) is 0 Å². The molecule has 1 aliphatic heterocycles. The van der Waals surface area contributed by atoms with Gasteiger partial charge in [-0.1, -0.05) is 83.0 Å². The Hall–Kier alpha value is -7.58. The maximum Gasteiger partial charge on any atom is 0.336 e. The van der Waals surface area contributed by atoms with Gasteiger partial charge in [0.05, 0.1) is 17.0 Å². The molecule has 0 spiro atoms. The minimum absolute atomic E-state index is 0.0538. The molecule has 1 heterocycles. The van der Waals surface area contributed by atoms with Crippen molar-refractivity contribution in [1.82, 2.24) is 31.5 Å². The van der Waals surface area contributed by atoms with Gasteiger partial charge in [-0.05, 0) is 87.3 Å². The summed E-state index contributed by atoms with van der Waals surface area (Å²) in [4.78, 5) is 139. The summed E-state index contributed by atoms with van der Waals surface area (Å²) < 4.78 is 5.39. The molecule has 2 aromatic carbocycles. The summed E-state index contributed by atoms with van der Waals surface area (Å²) in [6.07, 6.45) is 1.49. The van der Waals surface area contributed by atoms with Gasteiger partial charge in [0.2, 0.25) is 35.4 Å². The van der Waals surface area contributed by atoms with Crippen LogP contribution >= 0.6 is 0 Å². The van der Waals surface area contributed by atoms with Crippen LogP contribution in [0.15, 0.2) is 59.6 Å². The van der Waals surface area contributed by atoms with Gasteiger partial charge in [-0.25, -0.2) is 9.59 Å². The van der Waals surface area contributed by atoms with E-state index in [-0.39, 0.29) is 62.8 Å². The van der Waals surface area contributed by atoms with Crippen LogP contribution in [0.2, 0.25) is 0 Å². The first-order valence-corrected chi connectivity index (χ1v) is 26.3. The summed E-state index contributed by atoms with van der Waals surface area (Å²) in [5.41, 5.74) is 29.7. The van der Waals surface area contributed by atoms with E-state index in [1.807, 2.05) is 0 Å². The lowest BCUT2D eigenvalue weighted by Gasteiger charge is -2.31. The Morgan fingerprint density at radius 1 is 0.744 bits per heavy atom. The second-order valence-electron chi connectivity index (χ2n) is 19.9. The summed E-state index contributed by atoms with van der Waals surface area (Å²) in [6.45, 7) is 7.69. The van der Waals surface area contributed by atoms with Crippen molar-refractivity contribution < 1.29 is 57.9 Å². The predicted octanol–water partition coefficient (Wildman–Crippen LogP) is -0.341. The summed E-state index contributed by atoms with van der Waals surface area (Å²) in [5, 5.41) is 33.8. The SMILES string of the molecule is CCC(C)C(NC(=O)C1CCCN1C(=O)C(N)CCCCN)C(=O)NC(CCC(=O)O)C(=O)NC(Cc1ccccc1)C(=O)OC(=O)C(CC(C)C)NC(=O)C(CCCN=C(N)N)NC(=O)C(N)Cc1ccc([N+](=O)[O-])cc1. The molecule has 3 rings (SSSR count). The Labute approximate surface area is 453 Å². The van der Waals surface area contributed by atoms with Crippen molar-refractivity contribution in [1.29, 1.82) is 0 Å². The maximum atomic E-state index is 14.3. The quantitative estimate of drug-likeness (QED) is 0.00828. The molecule has 2 aromatic rings. The van der Waals surface area contributed by atoms with Crippen LogP contribution in [0.1, 0.15) is 109 Å². The van der Waals surface area contributed by atoms with E-state index in [1.54, 1.807) is 58.0 Å². The van der Waals surface area contributed by atoms with Gasteiger partial charge in [0.15, 0.2) is 5.96 Å². The molecule has 0 bridgehead atoms. The number of ether oxygens (including phenoxy) is 1. The van der Waals surface area contributed by atoms with E-state index < -0.39 is 125 Å². The van der Waals surface area contributed by atoms with Gasteiger partial charge in [0, 0.05) is 38.1 Å². The van der Waals surface area contributed by atoms with Gasteiger partial charge < -0.3 is 70.0 Å². The van der Waals surface area contributed by atoms with Crippen molar-refractivity contribution in [3.8, 4) is 0 Å². The standard InChI is InChI=1S/C52H79N13O13/c1-5-31(4)43(63-47(71)41-17-12-26-64(41)49(73)35(54)15-9-10-24-53)48(72)60-38(22-23-42(66)67)46(70)62-40(29-32-13-7-6-8-14-32)51(75)78-50(74)39(27-30(2)3)61-45(69)37(16-11-25-58-52(56)57)59-44(68)36(55)28-33-18-20-34(21-19-33)65(76)77/h6-8,13-14,18-21,30-31,35-41,43H,5,9-12,15-17,22-29,53-55H2,1-4H3,(H,59,68)(H,60,72)(H,61,69)(H,62,70)(H,63,71)(H,66,67)(H4,56,57,58). The molecule has 78 heavy (non-hydrogen) atoms. The van der Waals surface area contributed by atoms with E-state index in [1.165, 1.54) is 29.2 Å². The number of carbonyl (C=O) groups is 9. The van der Waals surface area contributed by atoms with E-state index in [0.717, 1.165) is 0 Å². The first-order chi connectivity index (χ1) is 36.9. The molecule has 1 aliphatic rings. The molecule has 1 fully saturated rings. The van der Waals surface area contributed by atoms with Gasteiger partial charge in [-0.3, -0.25) is 48.7 Å². The van der Waals surface area contributed by atoms with Crippen LogP contribution in [0, 0.1) is 22.0 Å². The Kier molecular flexibility index (Phi) is 27.3. The first-order valence-electron chi connectivity index (χ1n) is 26.3. The topological polar surface area (TPSA) is 432 Å². The second kappa shape index (κ2) is 32.9. The largest absolute Gasteiger partial charge is 0.481 e. The Morgan fingerprint density at radius 3 is 1.92 bits per heavy atom. The van der Waals surface area contributed by atoms with Crippen molar-refractivity contribution in [2.24, 2.45) is 45.5 Å². The number of esters is 2. The number of carboxylic acid groups (broad SMARTS) is 1. The molecule has 16 N–H and O–H groups in total. The van der Waals surface area contributed by atoms with Crippen molar-refractivity contribution >= 4 is 65.0 Å². The number of guanidine groups is 1. The van der Waals surface area contributed by atoms with Gasteiger partial charge in [-0.2, -0.15) is 0 Å². The molecule has 0 aliphatic carbocycles. The Bertz CT molecular complexity index is 2390. The minimum Gasteiger partial charge on any atom is -0.481 e. The lowest BCUT2D eigenvalue weighted by Crippen LogP contribution is -2.60. The molecule has 26 heteroatoms. The molecular weight excluding hydrogens is 1010 g/mol. The van der Waals surface area contributed by atoms with Gasteiger partial charge >= 0.3 is 17.9 Å². The number of rotatable bonds is 33. The molecule has 1 saturated heterocycles. The highest BCUT2D eigenvalue weighted by molar-refractivity contribution is 5.98. The Morgan fingerprint density at radius 2 is 1.33 bits per heavy atom. The molecule has 430 valence electrons. The van der Waals surface area contributed by atoms with E-state index in [4.69, 9.17) is 33.4 Å². The van der Waals surface area contributed by atoms with Crippen LogP contribution < -0.4 is 55.3 Å². The fraction of sp³-hybridized carbons (Fsp3) is 0.577. The number of unbranched alkanes of at least 4 members (excludes halogenated alkanes) is 1. The number of nitro benzene ring substituents is 1. The first kappa shape index (κ1) is 64.7. The lowest BCUT2D eigenvalue weighted by molar-refractivity contribution is -0.384. The molecule has 0 aromatic heterocycles. The number of nitrogens with two attached hydrogens (primary N) is 5. The number of nitrogens with one attached hydrogen (secondary N) is 5. The fourth-order valence-corrected chi connectivity index (χ4v) is 8.56. The third kappa shape index (κ3) is 21.8. The molecule has 6 amide bonds. The zero-order chi connectivity index (χ0) is 58.1. The summed E-state index contributed by atoms with van der Waals surface area (Å²) in [6, 6.07) is 3.33. The highest BCUT2D eigenvalue weighted by Crippen LogP contribution is 2.21. The zero-order valence-electron chi connectivity index (χ0n) is 44.9. The highest BCUT2D eigenvalue weighted by atomic mass is 16.6. The number of nitrogens with zero attached hydrogens (tertiary/aromatic N) is 3. The highest BCUT2D eigenvalue weighted by Gasteiger charge is 2.40. The number of benzene rings is 2. The van der Waals surface area contributed by atoms with Gasteiger partial charge in [0.25, 0.3) is 5.69 Å². The van der Waals surface area contributed by atoms with Crippen molar-refractivity contribution in [2.75, 3.05) is 19.6 Å². The number of amides is 6. The molecule has 9 atom stereocenters.